The van der Waals surface area contributed by atoms with Crippen LogP contribution in [-0.4, -0.2) is 31.3 Å². The second-order valence-electron chi connectivity index (χ2n) is 8.96. The molecule has 3 heterocycles. The van der Waals surface area contributed by atoms with Gasteiger partial charge in [-0.05, 0) is 54.7 Å². The van der Waals surface area contributed by atoms with Gasteiger partial charge in [0.25, 0.3) is 5.56 Å². The molecule has 31 heavy (non-hydrogen) atoms. The van der Waals surface area contributed by atoms with Gasteiger partial charge in [0.05, 0.1) is 5.52 Å². The molecule has 1 saturated heterocycles. The van der Waals surface area contributed by atoms with Gasteiger partial charge in [0.1, 0.15) is 13.2 Å². The van der Waals surface area contributed by atoms with Crippen molar-refractivity contribution in [2.45, 2.75) is 26.8 Å². The molecule has 6 nitrogen and oxygen atoms in total. The molecule has 0 unspecified atom stereocenters. The van der Waals surface area contributed by atoms with Crippen molar-refractivity contribution in [1.29, 1.82) is 0 Å². The summed E-state index contributed by atoms with van der Waals surface area (Å²) in [5, 5.41) is 4.32. The summed E-state index contributed by atoms with van der Waals surface area (Å²) < 4.78 is 11.3. The van der Waals surface area contributed by atoms with Crippen LogP contribution in [0, 0.1) is 11.8 Å². The predicted octanol–water partition coefficient (Wildman–Crippen LogP) is 4.39. The Bertz CT molecular complexity index is 1130. The lowest BCUT2D eigenvalue weighted by molar-refractivity contribution is 0.172. The summed E-state index contributed by atoms with van der Waals surface area (Å²) >= 11 is 0. The van der Waals surface area contributed by atoms with Crippen LogP contribution in [-0.2, 0) is 6.54 Å². The van der Waals surface area contributed by atoms with E-state index in [1.807, 2.05) is 18.2 Å². The quantitative estimate of drug-likeness (QED) is 0.656. The van der Waals surface area contributed by atoms with E-state index < -0.39 is 0 Å². The summed E-state index contributed by atoms with van der Waals surface area (Å²) in [6, 6.07) is 14.2. The Morgan fingerprint density at radius 3 is 2.39 bits per heavy atom. The maximum Gasteiger partial charge on any atom is 0.253 e. The number of aromatic nitrogens is 1. The van der Waals surface area contributed by atoms with Crippen molar-refractivity contribution in [3.8, 4) is 11.5 Å². The molecule has 2 aliphatic rings. The number of ether oxygens (including phenoxy) is 2. The number of rotatable bonds is 4. The lowest BCUT2D eigenvalue weighted by Crippen LogP contribution is -2.38. The zero-order valence-corrected chi connectivity index (χ0v) is 18.1. The van der Waals surface area contributed by atoms with Crippen molar-refractivity contribution in [2.24, 2.45) is 11.8 Å². The van der Waals surface area contributed by atoms with E-state index in [1.54, 1.807) is 0 Å². The van der Waals surface area contributed by atoms with Gasteiger partial charge in [0, 0.05) is 48.0 Å². The summed E-state index contributed by atoms with van der Waals surface area (Å²) in [7, 11) is 0. The molecule has 2 aliphatic heterocycles. The van der Waals surface area contributed by atoms with E-state index >= 15 is 0 Å². The minimum absolute atomic E-state index is 0.0930. The lowest BCUT2D eigenvalue weighted by Gasteiger charge is -2.36. The molecule has 2 N–H and O–H groups in total. The third-order valence-electron chi connectivity index (χ3n) is 6.17. The van der Waals surface area contributed by atoms with Crippen molar-refractivity contribution >= 4 is 22.3 Å². The van der Waals surface area contributed by atoms with Crippen LogP contribution in [0.2, 0.25) is 0 Å². The maximum atomic E-state index is 12.6. The topological polar surface area (TPSA) is 66.6 Å². The van der Waals surface area contributed by atoms with Crippen LogP contribution >= 0.6 is 0 Å². The van der Waals surface area contributed by atoms with Gasteiger partial charge in [-0.2, -0.15) is 0 Å². The van der Waals surface area contributed by atoms with Gasteiger partial charge in [-0.15, -0.1) is 0 Å². The van der Waals surface area contributed by atoms with E-state index in [4.69, 9.17) is 9.47 Å². The van der Waals surface area contributed by atoms with Crippen LogP contribution in [0.15, 0.2) is 47.3 Å². The van der Waals surface area contributed by atoms with Gasteiger partial charge < -0.3 is 24.7 Å². The zero-order valence-electron chi connectivity index (χ0n) is 18.1. The lowest BCUT2D eigenvalue weighted by atomic mass is 9.91. The van der Waals surface area contributed by atoms with E-state index in [0.29, 0.717) is 31.1 Å². The molecule has 0 saturated carbocycles. The number of H-pyrrole nitrogens is 1. The van der Waals surface area contributed by atoms with Crippen LogP contribution in [0.25, 0.3) is 10.9 Å². The highest BCUT2D eigenvalue weighted by Gasteiger charge is 2.21. The Morgan fingerprint density at radius 2 is 1.68 bits per heavy atom. The van der Waals surface area contributed by atoms with Gasteiger partial charge in [-0.3, -0.25) is 4.79 Å². The molecule has 2 aromatic carbocycles. The number of hydrogen-bond acceptors (Lipinski definition) is 5. The third kappa shape index (κ3) is 4.20. The summed E-state index contributed by atoms with van der Waals surface area (Å²) in [4.78, 5) is 18.0. The molecular weight excluding hydrogens is 390 g/mol. The minimum Gasteiger partial charge on any atom is -0.486 e. The Balaban J connectivity index is 1.30. The van der Waals surface area contributed by atoms with Crippen molar-refractivity contribution in [3.05, 3.63) is 58.4 Å². The van der Waals surface area contributed by atoms with Crippen LogP contribution in [0.4, 0.5) is 11.4 Å². The number of hydrogen-bond donors (Lipinski definition) is 2. The average Bonchev–Trinajstić information content (AvgIpc) is 2.76. The summed E-state index contributed by atoms with van der Waals surface area (Å²) in [6.07, 6.45) is 1.30. The maximum absolute atomic E-state index is 12.6. The smallest absolute Gasteiger partial charge is 0.253 e. The van der Waals surface area contributed by atoms with Crippen molar-refractivity contribution in [3.63, 3.8) is 0 Å². The van der Waals surface area contributed by atoms with Gasteiger partial charge in [0.2, 0.25) is 0 Å². The Labute approximate surface area is 182 Å². The van der Waals surface area contributed by atoms with Crippen LogP contribution in [0.3, 0.4) is 0 Å². The van der Waals surface area contributed by atoms with Gasteiger partial charge in [-0.25, -0.2) is 0 Å². The molecule has 0 spiro atoms. The van der Waals surface area contributed by atoms with Crippen LogP contribution in [0.1, 0.15) is 25.8 Å². The first-order valence-corrected chi connectivity index (χ1v) is 11.1. The van der Waals surface area contributed by atoms with Crippen molar-refractivity contribution in [1.82, 2.24) is 4.98 Å². The third-order valence-corrected chi connectivity index (χ3v) is 6.17. The normalized spacial score (nSPS) is 20.6. The highest BCUT2D eigenvalue weighted by molar-refractivity contribution is 5.83. The Kier molecular flexibility index (Phi) is 5.22. The number of nitrogens with one attached hydrogen (secondary N) is 2. The molecule has 5 rings (SSSR count). The first-order valence-electron chi connectivity index (χ1n) is 11.1. The van der Waals surface area contributed by atoms with Crippen LogP contribution < -0.4 is 25.2 Å². The molecular formula is C25H29N3O3. The number of pyridine rings is 1. The first-order chi connectivity index (χ1) is 15.0. The number of anilines is 2. The van der Waals surface area contributed by atoms with Gasteiger partial charge in [0.15, 0.2) is 11.5 Å². The Morgan fingerprint density at radius 1 is 1.00 bits per heavy atom. The molecule has 162 valence electrons. The molecule has 0 radical (unpaired) electrons. The minimum atomic E-state index is -0.0930. The first kappa shape index (κ1) is 19.8. The standard InChI is InChI=1S/C25H29N3O3/c1-16-9-17(2)15-28(14-16)21-5-3-20(4-6-21)26-13-19-10-18-11-23-24(31-8-7-30-23)12-22(18)27-25(19)29/h3-6,10-12,16-17,26H,7-9,13-15H2,1-2H3,(H,27,29)/t16-,17-/m0/s1. The second kappa shape index (κ2) is 8.17. The largest absolute Gasteiger partial charge is 0.486 e. The molecule has 0 aliphatic carbocycles. The van der Waals surface area contributed by atoms with Crippen molar-refractivity contribution in [2.75, 3.05) is 36.5 Å². The van der Waals surface area contributed by atoms with E-state index in [0.717, 1.165) is 47.3 Å². The van der Waals surface area contributed by atoms with Crippen LogP contribution in [0.5, 0.6) is 11.5 Å². The van der Waals surface area contributed by atoms with E-state index in [-0.39, 0.29) is 5.56 Å². The average molecular weight is 420 g/mol. The van der Waals surface area contributed by atoms with E-state index in [9.17, 15) is 4.79 Å². The number of benzene rings is 2. The molecule has 0 amide bonds. The van der Waals surface area contributed by atoms with E-state index in [1.165, 1.54) is 12.1 Å². The number of aromatic amines is 1. The van der Waals surface area contributed by atoms with Gasteiger partial charge in [-0.1, -0.05) is 13.8 Å². The monoisotopic (exact) mass is 419 g/mol. The van der Waals surface area contributed by atoms with Gasteiger partial charge >= 0.3 is 0 Å². The SMILES string of the molecule is C[C@H]1C[C@H](C)CN(c2ccc(NCc3cc4cc5c(cc4[nH]c3=O)OCCO5)cc2)C1. The molecule has 3 aromatic rings. The molecule has 6 heteroatoms. The Hall–Kier alpha value is -3.15. The zero-order chi connectivity index (χ0) is 21.4. The highest BCUT2D eigenvalue weighted by atomic mass is 16.6. The fourth-order valence-electron chi connectivity index (χ4n) is 4.78. The molecule has 1 fully saturated rings. The van der Waals surface area contributed by atoms with E-state index in [2.05, 4.69) is 53.3 Å². The van der Waals surface area contributed by atoms with Crippen molar-refractivity contribution < 1.29 is 9.47 Å². The fourth-order valence-corrected chi connectivity index (χ4v) is 4.78. The summed E-state index contributed by atoms with van der Waals surface area (Å²) in [5.41, 5.74) is 3.62. The molecule has 0 bridgehead atoms. The fraction of sp³-hybridized carbons (Fsp3) is 0.400. The molecule has 2 atom stereocenters. The highest BCUT2D eigenvalue weighted by Crippen LogP contribution is 2.33. The summed E-state index contributed by atoms with van der Waals surface area (Å²) in [5.74, 6) is 2.85. The predicted molar refractivity (Wildman–Crippen MR) is 124 cm³/mol. The second-order valence-corrected chi connectivity index (χ2v) is 8.96. The number of fused-ring (bicyclic) bond motifs is 2. The summed E-state index contributed by atoms with van der Waals surface area (Å²) in [6.45, 7) is 8.41. The number of nitrogens with zero attached hydrogens (tertiary/aromatic N) is 1. The number of piperidine rings is 1. The molecule has 1 aromatic heterocycles.